The number of carbonyl (C=O) groups excluding carboxylic acids is 1. The maximum Gasteiger partial charge on any atom is 0.340 e. The second kappa shape index (κ2) is 5.21. The molecule has 2 aromatic rings. The summed E-state index contributed by atoms with van der Waals surface area (Å²) in [5, 5.41) is 1.38. The molecule has 0 saturated heterocycles. The Morgan fingerprint density at radius 2 is 1.94 bits per heavy atom. The standard InChI is InChI=1S/C11H5BrCl3NO2/c1-18-11(17)5-3-16-10-4(7(5)13)2-6(12)8(14)9(10)15/h2-3H,1H3. The molecule has 2 rings (SSSR count). The number of carbonyl (C=O) groups is 1. The van der Waals surface area contributed by atoms with Gasteiger partial charge in [0.2, 0.25) is 0 Å². The second-order valence-corrected chi connectivity index (χ2v) is 5.35. The van der Waals surface area contributed by atoms with Crippen LogP contribution in [0.1, 0.15) is 10.4 Å². The maximum absolute atomic E-state index is 11.5. The molecule has 0 spiro atoms. The first-order valence-electron chi connectivity index (χ1n) is 4.67. The number of ether oxygens (including phenoxy) is 1. The highest BCUT2D eigenvalue weighted by Crippen LogP contribution is 2.39. The largest absolute Gasteiger partial charge is 0.465 e. The summed E-state index contributed by atoms with van der Waals surface area (Å²) in [7, 11) is 1.27. The van der Waals surface area contributed by atoms with Crippen molar-refractivity contribution in [3.05, 3.63) is 37.4 Å². The summed E-state index contributed by atoms with van der Waals surface area (Å²) in [5.41, 5.74) is 0.611. The van der Waals surface area contributed by atoms with Gasteiger partial charge in [-0.15, -0.1) is 0 Å². The summed E-state index contributed by atoms with van der Waals surface area (Å²) in [4.78, 5) is 15.6. The smallest absolute Gasteiger partial charge is 0.340 e. The van der Waals surface area contributed by atoms with Crippen LogP contribution in [0.15, 0.2) is 16.7 Å². The van der Waals surface area contributed by atoms with E-state index >= 15 is 0 Å². The van der Waals surface area contributed by atoms with Gasteiger partial charge in [0.1, 0.15) is 0 Å². The maximum atomic E-state index is 11.5. The van der Waals surface area contributed by atoms with Gasteiger partial charge >= 0.3 is 5.97 Å². The Morgan fingerprint density at radius 3 is 2.56 bits per heavy atom. The number of pyridine rings is 1. The number of fused-ring (bicyclic) bond motifs is 1. The molecule has 0 N–H and O–H groups in total. The fourth-order valence-electron chi connectivity index (χ4n) is 1.46. The molecule has 0 atom stereocenters. The topological polar surface area (TPSA) is 39.2 Å². The van der Waals surface area contributed by atoms with E-state index in [0.717, 1.165) is 0 Å². The highest BCUT2D eigenvalue weighted by atomic mass is 79.9. The molecule has 18 heavy (non-hydrogen) atoms. The van der Waals surface area contributed by atoms with Gasteiger partial charge in [-0.25, -0.2) is 4.79 Å². The van der Waals surface area contributed by atoms with Gasteiger partial charge in [-0.2, -0.15) is 0 Å². The van der Waals surface area contributed by atoms with Crippen molar-refractivity contribution in [2.75, 3.05) is 7.11 Å². The lowest BCUT2D eigenvalue weighted by molar-refractivity contribution is 0.0600. The Hall–Kier alpha value is -0.550. The zero-order chi connectivity index (χ0) is 13.4. The first kappa shape index (κ1) is 13.9. The third kappa shape index (κ3) is 2.18. The van der Waals surface area contributed by atoms with Crippen molar-refractivity contribution in [3.8, 4) is 0 Å². The van der Waals surface area contributed by atoms with Gasteiger partial charge in [0.25, 0.3) is 0 Å². The van der Waals surface area contributed by atoms with Gasteiger partial charge in [-0.1, -0.05) is 34.8 Å². The van der Waals surface area contributed by atoms with Crippen LogP contribution in [0.25, 0.3) is 10.9 Å². The molecule has 94 valence electrons. The Labute approximate surface area is 126 Å². The summed E-state index contributed by atoms with van der Waals surface area (Å²) in [6.45, 7) is 0. The van der Waals surface area contributed by atoms with Gasteiger partial charge in [0.05, 0.1) is 33.3 Å². The van der Waals surface area contributed by atoms with Crippen LogP contribution in [0, 0.1) is 0 Å². The van der Waals surface area contributed by atoms with E-state index in [1.807, 2.05) is 0 Å². The molecule has 1 aromatic heterocycles. The van der Waals surface area contributed by atoms with Gasteiger partial charge < -0.3 is 4.74 Å². The second-order valence-electron chi connectivity index (χ2n) is 3.36. The SMILES string of the molecule is COC(=O)c1cnc2c(Cl)c(Cl)c(Br)cc2c1Cl. The Balaban J connectivity index is 2.84. The minimum atomic E-state index is -0.559. The molecule has 0 aliphatic rings. The first-order valence-corrected chi connectivity index (χ1v) is 6.60. The van der Waals surface area contributed by atoms with E-state index in [1.54, 1.807) is 6.07 Å². The van der Waals surface area contributed by atoms with Crippen LogP contribution in [0.3, 0.4) is 0 Å². The minimum Gasteiger partial charge on any atom is -0.465 e. The number of methoxy groups -OCH3 is 1. The zero-order valence-electron chi connectivity index (χ0n) is 8.93. The lowest BCUT2D eigenvalue weighted by Gasteiger charge is -2.08. The molecule has 0 radical (unpaired) electrons. The van der Waals surface area contributed by atoms with Gasteiger partial charge in [0, 0.05) is 16.1 Å². The number of hydrogen-bond donors (Lipinski definition) is 0. The number of benzene rings is 1. The molecule has 0 fully saturated rings. The molecule has 0 unspecified atom stereocenters. The van der Waals surface area contributed by atoms with Crippen LogP contribution in [-0.4, -0.2) is 18.1 Å². The van der Waals surface area contributed by atoms with E-state index in [9.17, 15) is 4.79 Å². The molecule has 0 aliphatic carbocycles. The van der Waals surface area contributed by atoms with Crippen LogP contribution in [0.5, 0.6) is 0 Å². The number of nitrogens with zero attached hydrogens (tertiary/aromatic N) is 1. The van der Waals surface area contributed by atoms with Crippen molar-refractivity contribution in [1.82, 2.24) is 4.98 Å². The molecule has 1 aromatic carbocycles. The van der Waals surface area contributed by atoms with Gasteiger partial charge in [0.15, 0.2) is 0 Å². The Kier molecular flexibility index (Phi) is 4.02. The number of hydrogen-bond acceptors (Lipinski definition) is 3. The van der Waals surface area contributed by atoms with Crippen LogP contribution >= 0.6 is 50.7 Å². The van der Waals surface area contributed by atoms with E-state index in [-0.39, 0.29) is 15.6 Å². The molecule has 0 aliphatic heterocycles. The van der Waals surface area contributed by atoms with Crippen LogP contribution in [0.2, 0.25) is 15.1 Å². The lowest BCUT2D eigenvalue weighted by Crippen LogP contribution is -2.03. The fourth-order valence-corrected chi connectivity index (χ4v) is 2.67. The van der Waals surface area contributed by atoms with Crippen LogP contribution in [-0.2, 0) is 4.74 Å². The van der Waals surface area contributed by atoms with Crippen molar-refractivity contribution in [1.29, 1.82) is 0 Å². The molecule has 7 heteroatoms. The minimum absolute atomic E-state index is 0.178. The molecular weight excluding hydrogens is 364 g/mol. The predicted octanol–water partition coefficient (Wildman–Crippen LogP) is 4.74. The van der Waals surface area contributed by atoms with Gasteiger partial charge in [-0.05, 0) is 22.0 Å². The number of halogens is 4. The molecular formula is C11H5BrCl3NO2. The molecule has 0 amide bonds. The first-order chi connectivity index (χ1) is 8.47. The summed E-state index contributed by atoms with van der Waals surface area (Å²) in [6, 6.07) is 1.66. The van der Waals surface area contributed by atoms with Crippen molar-refractivity contribution in [2.24, 2.45) is 0 Å². The van der Waals surface area contributed by atoms with E-state index in [0.29, 0.717) is 20.4 Å². The number of esters is 1. The van der Waals surface area contributed by atoms with E-state index in [4.69, 9.17) is 34.8 Å². The van der Waals surface area contributed by atoms with E-state index < -0.39 is 5.97 Å². The van der Waals surface area contributed by atoms with Crippen molar-refractivity contribution >= 4 is 67.6 Å². The van der Waals surface area contributed by atoms with Gasteiger partial charge in [-0.3, -0.25) is 4.98 Å². The molecule has 1 heterocycles. The zero-order valence-corrected chi connectivity index (χ0v) is 12.8. The van der Waals surface area contributed by atoms with Crippen LogP contribution in [0.4, 0.5) is 0 Å². The Bertz CT molecular complexity index is 661. The normalized spacial score (nSPS) is 10.7. The molecule has 0 bridgehead atoms. The third-order valence-corrected chi connectivity index (χ3v) is 4.46. The number of rotatable bonds is 1. The van der Waals surface area contributed by atoms with Crippen molar-refractivity contribution in [3.63, 3.8) is 0 Å². The van der Waals surface area contributed by atoms with Crippen molar-refractivity contribution in [2.45, 2.75) is 0 Å². The summed E-state index contributed by atoms with van der Waals surface area (Å²) in [5.74, 6) is -0.559. The summed E-state index contributed by atoms with van der Waals surface area (Å²) < 4.78 is 5.19. The quantitative estimate of drug-likeness (QED) is 0.538. The highest BCUT2D eigenvalue weighted by molar-refractivity contribution is 9.10. The molecule has 0 saturated carbocycles. The summed E-state index contributed by atoms with van der Waals surface area (Å²) in [6.07, 6.45) is 1.31. The predicted molar refractivity (Wildman–Crippen MR) is 75.8 cm³/mol. The van der Waals surface area contributed by atoms with Crippen LogP contribution < -0.4 is 0 Å². The lowest BCUT2D eigenvalue weighted by atomic mass is 10.1. The third-order valence-electron chi connectivity index (χ3n) is 2.34. The summed E-state index contributed by atoms with van der Waals surface area (Å²) >= 11 is 21.5. The number of aromatic nitrogens is 1. The average molecular weight is 369 g/mol. The monoisotopic (exact) mass is 367 g/mol. The Morgan fingerprint density at radius 1 is 1.28 bits per heavy atom. The molecule has 3 nitrogen and oxygen atoms in total. The van der Waals surface area contributed by atoms with Crippen molar-refractivity contribution < 1.29 is 9.53 Å². The van der Waals surface area contributed by atoms with E-state index in [1.165, 1.54) is 13.3 Å². The average Bonchev–Trinajstić information content (AvgIpc) is 2.36. The highest BCUT2D eigenvalue weighted by Gasteiger charge is 2.18. The van der Waals surface area contributed by atoms with E-state index in [2.05, 4.69) is 25.7 Å². The fraction of sp³-hybridized carbons (Fsp3) is 0.0909.